The van der Waals surface area contributed by atoms with Gasteiger partial charge in [-0.3, -0.25) is 0 Å². The summed E-state index contributed by atoms with van der Waals surface area (Å²) in [4.78, 5) is 14.1. The second-order valence-electron chi connectivity index (χ2n) is 5.12. The molecular weight excluding hydrogens is 212 g/mol. The zero-order valence-corrected chi connectivity index (χ0v) is 10.3. The standard InChI is InChI=1S/C13H18N4/c1-9-3-4-10(7-9)17(2)13-11-5-6-14-12(11)15-8-16-13/h5-6,8-10H,3-4,7H2,1-2H3,(H,14,15,16). The van der Waals surface area contributed by atoms with Gasteiger partial charge in [0, 0.05) is 19.3 Å². The SMILES string of the molecule is CC1CCC(N(C)c2ncnc3[nH]ccc23)C1. The third kappa shape index (κ3) is 1.77. The molecule has 0 saturated heterocycles. The molecule has 1 fully saturated rings. The highest BCUT2D eigenvalue weighted by Crippen LogP contribution is 2.32. The highest BCUT2D eigenvalue weighted by molar-refractivity contribution is 5.87. The first-order chi connectivity index (χ1) is 8.25. The van der Waals surface area contributed by atoms with E-state index < -0.39 is 0 Å². The highest BCUT2D eigenvalue weighted by Gasteiger charge is 2.26. The molecule has 0 bridgehead atoms. The lowest BCUT2D eigenvalue weighted by molar-refractivity contribution is 0.580. The van der Waals surface area contributed by atoms with E-state index in [1.165, 1.54) is 19.3 Å². The van der Waals surface area contributed by atoms with Crippen molar-refractivity contribution in [2.24, 2.45) is 5.92 Å². The first kappa shape index (κ1) is 10.6. The summed E-state index contributed by atoms with van der Waals surface area (Å²) in [6.45, 7) is 2.33. The molecule has 90 valence electrons. The molecule has 1 N–H and O–H groups in total. The first-order valence-electron chi connectivity index (χ1n) is 6.26. The van der Waals surface area contributed by atoms with Crippen molar-refractivity contribution < 1.29 is 0 Å². The average Bonchev–Trinajstić information content (AvgIpc) is 2.95. The van der Waals surface area contributed by atoms with E-state index in [0.29, 0.717) is 6.04 Å². The Morgan fingerprint density at radius 1 is 1.35 bits per heavy atom. The maximum atomic E-state index is 4.44. The Kier molecular flexibility index (Phi) is 2.50. The Hall–Kier alpha value is -1.58. The lowest BCUT2D eigenvalue weighted by Crippen LogP contribution is -2.30. The van der Waals surface area contributed by atoms with Gasteiger partial charge >= 0.3 is 0 Å². The number of aromatic nitrogens is 3. The third-order valence-electron chi connectivity index (χ3n) is 3.88. The van der Waals surface area contributed by atoms with Crippen molar-refractivity contribution in [2.45, 2.75) is 32.2 Å². The Labute approximate surface area is 101 Å². The van der Waals surface area contributed by atoms with Crippen LogP contribution in [0.3, 0.4) is 0 Å². The van der Waals surface area contributed by atoms with E-state index in [0.717, 1.165) is 22.8 Å². The van der Waals surface area contributed by atoms with Gasteiger partial charge in [-0.1, -0.05) is 6.92 Å². The molecule has 2 atom stereocenters. The molecular formula is C13H18N4. The molecule has 3 rings (SSSR count). The van der Waals surface area contributed by atoms with Crippen LogP contribution in [0.1, 0.15) is 26.2 Å². The average molecular weight is 230 g/mol. The Bertz CT molecular complexity index is 519. The summed E-state index contributed by atoms with van der Waals surface area (Å²) in [6.07, 6.45) is 7.44. The molecule has 2 unspecified atom stereocenters. The molecule has 2 heterocycles. The van der Waals surface area contributed by atoms with Crippen LogP contribution in [-0.4, -0.2) is 28.0 Å². The number of nitrogens with one attached hydrogen (secondary N) is 1. The molecule has 0 aromatic carbocycles. The summed E-state index contributed by atoms with van der Waals surface area (Å²) < 4.78 is 0. The topological polar surface area (TPSA) is 44.8 Å². The predicted octanol–water partition coefficient (Wildman–Crippen LogP) is 2.58. The van der Waals surface area contributed by atoms with Gasteiger partial charge in [-0.05, 0) is 31.2 Å². The van der Waals surface area contributed by atoms with E-state index in [-0.39, 0.29) is 0 Å². The summed E-state index contributed by atoms with van der Waals surface area (Å²) in [6, 6.07) is 2.68. The van der Waals surface area contributed by atoms with Gasteiger partial charge in [0.15, 0.2) is 0 Å². The summed E-state index contributed by atoms with van der Waals surface area (Å²) in [5, 5.41) is 1.12. The summed E-state index contributed by atoms with van der Waals surface area (Å²) in [5.41, 5.74) is 0.924. The zero-order chi connectivity index (χ0) is 11.8. The predicted molar refractivity (Wildman–Crippen MR) is 69.1 cm³/mol. The first-order valence-corrected chi connectivity index (χ1v) is 6.26. The number of rotatable bonds is 2. The van der Waals surface area contributed by atoms with Crippen molar-refractivity contribution in [3.05, 3.63) is 18.6 Å². The van der Waals surface area contributed by atoms with E-state index in [4.69, 9.17) is 0 Å². The van der Waals surface area contributed by atoms with E-state index in [9.17, 15) is 0 Å². The third-order valence-corrected chi connectivity index (χ3v) is 3.88. The van der Waals surface area contributed by atoms with Gasteiger partial charge < -0.3 is 9.88 Å². The fourth-order valence-corrected chi connectivity index (χ4v) is 2.84. The molecule has 0 spiro atoms. The minimum Gasteiger partial charge on any atom is -0.356 e. The monoisotopic (exact) mass is 230 g/mol. The molecule has 17 heavy (non-hydrogen) atoms. The normalized spacial score (nSPS) is 24.4. The van der Waals surface area contributed by atoms with E-state index in [2.05, 4.69) is 39.9 Å². The Morgan fingerprint density at radius 2 is 2.24 bits per heavy atom. The van der Waals surface area contributed by atoms with Crippen LogP contribution >= 0.6 is 0 Å². The van der Waals surface area contributed by atoms with Gasteiger partial charge in [-0.25, -0.2) is 9.97 Å². The number of hydrogen-bond donors (Lipinski definition) is 1. The van der Waals surface area contributed by atoms with Crippen molar-refractivity contribution in [1.29, 1.82) is 0 Å². The number of anilines is 1. The molecule has 1 aliphatic rings. The van der Waals surface area contributed by atoms with Gasteiger partial charge in [-0.15, -0.1) is 0 Å². The smallest absolute Gasteiger partial charge is 0.142 e. The molecule has 1 saturated carbocycles. The van der Waals surface area contributed by atoms with Crippen LogP contribution < -0.4 is 4.90 Å². The second-order valence-corrected chi connectivity index (χ2v) is 5.12. The number of H-pyrrole nitrogens is 1. The van der Waals surface area contributed by atoms with Crippen LogP contribution in [0, 0.1) is 5.92 Å². The second kappa shape index (κ2) is 4.02. The number of nitrogens with zero attached hydrogens (tertiary/aromatic N) is 3. The van der Waals surface area contributed by atoms with Crippen LogP contribution in [0.2, 0.25) is 0 Å². The Balaban J connectivity index is 1.95. The van der Waals surface area contributed by atoms with Gasteiger partial charge in [-0.2, -0.15) is 0 Å². The highest BCUT2D eigenvalue weighted by atomic mass is 15.2. The fourth-order valence-electron chi connectivity index (χ4n) is 2.84. The number of fused-ring (bicyclic) bond motifs is 1. The van der Waals surface area contributed by atoms with Gasteiger partial charge in [0.2, 0.25) is 0 Å². The van der Waals surface area contributed by atoms with Crippen LogP contribution in [-0.2, 0) is 0 Å². The van der Waals surface area contributed by atoms with Gasteiger partial charge in [0.05, 0.1) is 5.39 Å². The van der Waals surface area contributed by atoms with Crippen molar-refractivity contribution in [2.75, 3.05) is 11.9 Å². The largest absolute Gasteiger partial charge is 0.356 e. The van der Waals surface area contributed by atoms with Crippen molar-refractivity contribution >= 4 is 16.9 Å². The molecule has 2 aromatic rings. The number of aromatic amines is 1. The van der Waals surface area contributed by atoms with Gasteiger partial charge in [0.1, 0.15) is 17.8 Å². The van der Waals surface area contributed by atoms with Crippen molar-refractivity contribution in [3.63, 3.8) is 0 Å². The van der Waals surface area contributed by atoms with E-state index >= 15 is 0 Å². The molecule has 2 aromatic heterocycles. The number of hydrogen-bond acceptors (Lipinski definition) is 3. The van der Waals surface area contributed by atoms with Crippen LogP contribution in [0.4, 0.5) is 5.82 Å². The maximum Gasteiger partial charge on any atom is 0.142 e. The van der Waals surface area contributed by atoms with Crippen LogP contribution in [0.25, 0.3) is 11.0 Å². The lowest BCUT2D eigenvalue weighted by atomic mass is 10.1. The summed E-state index contributed by atoms with van der Waals surface area (Å²) in [7, 11) is 2.15. The molecule has 4 nitrogen and oxygen atoms in total. The molecule has 0 radical (unpaired) electrons. The Morgan fingerprint density at radius 3 is 3.00 bits per heavy atom. The maximum absolute atomic E-state index is 4.44. The van der Waals surface area contributed by atoms with Crippen molar-refractivity contribution in [3.8, 4) is 0 Å². The van der Waals surface area contributed by atoms with E-state index in [1.54, 1.807) is 6.33 Å². The quantitative estimate of drug-likeness (QED) is 0.862. The lowest BCUT2D eigenvalue weighted by Gasteiger charge is -2.26. The van der Waals surface area contributed by atoms with E-state index in [1.807, 2.05) is 6.20 Å². The zero-order valence-electron chi connectivity index (χ0n) is 10.3. The van der Waals surface area contributed by atoms with Crippen LogP contribution in [0.15, 0.2) is 18.6 Å². The minimum absolute atomic E-state index is 0.623. The summed E-state index contributed by atoms with van der Waals surface area (Å²) in [5.74, 6) is 1.89. The summed E-state index contributed by atoms with van der Waals surface area (Å²) >= 11 is 0. The van der Waals surface area contributed by atoms with Crippen LogP contribution in [0.5, 0.6) is 0 Å². The minimum atomic E-state index is 0.623. The van der Waals surface area contributed by atoms with Gasteiger partial charge in [0.25, 0.3) is 0 Å². The molecule has 4 heteroatoms. The molecule has 0 aliphatic heterocycles. The fraction of sp³-hybridized carbons (Fsp3) is 0.538. The molecule has 0 amide bonds. The molecule has 1 aliphatic carbocycles. The van der Waals surface area contributed by atoms with Crippen molar-refractivity contribution in [1.82, 2.24) is 15.0 Å².